The molecule has 0 bridgehead atoms. The Morgan fingerprint density at radius 2 is 1.54 bits per heavy atom. The fourth-order valence-corrected chi connectivity index (χ4v) is 2.97. The lowest BCUT2D eigenvalue weighted by Gasteiger charge is -2.07. The predicted molar refractivity (Wildman–Crippen MR) is 89.6 cm³/mol. The van der Waals surface area contributed by atoms with Gasteiger partial charge in [0.05, 0.1) is 16.1 Å². The lowest BCUT2D eigenvalue weighted by molar-refractivity contribution is -0.375. The highest BCUT2D eigenvalue weighted by molar-refractivity contribution is 6.08. The molecule has 3 aromatic carbocycles. The number of nitro groups is 1. The first kappa shape index (κ1) is 14.1. The Labute approximate surface area is 136 Å². The van der Waals surface area contributed by atoms with E-state index in [1.165, 1.54) is 0 Å². The minimum Gasteiger partial charge on any atom is -0.415 e. The fraction of sp³-hybridized carbons (Fsp3) is 0. The number of rotatable bonds is 2. The van der Waals surface area contributed by atoms with Gasteiger partial charge in [0.1, 0.15) is 0 Å². The van der Waals surface area contributed by atoms with Gasteiger partial charge in [0.2, 0.25) is 5.76 Å². The number of nitrogens with zero attached hydrogens (tertiary/aromatic N) is 1. The van der Waals surface area contributed by atoms with Crippen LogP contribution in [-0.2, 0) is 4.74 Å². The molecule has 0 aliphatic carbocycles. The number of carbonyl (C=O) groups is 1. The molecule has 1 heterocycles. The van der Waals surface area contributed by atoms with Crippen molar-refractivity contribution in [3.8, 4) is 0 Å². The van der Waals surface area contributed by atoms with E-state index in [1.807, 2.05) is 30.3 Å². The van der Waals surface area contributed by atoms with Crippen LogP contribution in [0.15, 0.2) is 66.7 Å². The summed E-state index contributed by atoms with van der Waals surface area (Å²) in [6, 6.07) is 19.4. The maximum Gasteiger partial charge on any atom is 0.344 e. The Hall–Kier alpha value is -3.47. The first-order valence-electron chi connectivity index (χ1n) is 7.35. The van der Waals surface area contributed by atoms with Crippen LogP contribution in [0.3, 0.4) is 0 Å². The van der Waals surface area contributed by atoms with Crippen LogP contribution in [0.4, 0.5) is 0 Å². The summed E-state index contributed by atoms with van der Waals surface area (Å²) in [6.45, 7) is 0. The summed E-state index contributed by atoms with van der Waals surface area (Å²) in [6.07, 6.45) is 0. The molecule has 4 rings (SSSR count). The molecule has 0 saturated carbocycles. The molecular weight excluding hydrogens is 306 g/mol. The van der Waals surface area contributed by atoms with E-state index in [0.29, 0.717) is 16.7 Å². The molecule has 0 radical (unpaired) electrons. The van der Waals surface area contributed by atoms with Crippen LogP contribution in [0.5, 0.6) is 0 Å². The highest BCUT2D eigenvalue weighted by Crippen LogP contribution is 2.37. The number of ether oxygens (including phenoxy) is 1. The van der Waals surface area contributed by atoms with E-state index in [0.717, 1.165) is 10.8 Å². The fourth-order valence-electron chi connectivity index (χ4n) is 2.97. The maximum atomic E-state index is 12.0. The van der Waals surface area contributed by atoms with E-state index < -0.39 is 10.9 Å². The SMILES string of the molecule is O=C1O/C(=C(/c2cccc3ccccc23)[N+](=O)[O-])c2ccccc21. The van der Waals surface area contributed by atoms with Gasteiger partial charge in [-0.05, 0) is 22.9 Å². The van der Waals surface area contributed by atoms with E-state index in [1.54, 1.807) is 36.4 Å². The van der Waals surface area contributed by atoms with Gasteiger partial charge in [-0.3, -0.25) is 10.1 Å². The molecule has 0 N–H and O–H groups in total. The van der Waals surface area contributed by atoms with Crippen molar-refractivity contribution in [3.63, 3.8) is 0 Å². The monoisotopic (exact) mass is 317 g/mol. The molecule has 5 heteroatoms. The third-order valence-electron chi connectivity index (χ3n) is 4.03. The molecule has 116 valence electrons. The van der Waals surface area contributed by atoms with E-state index >= 15 is 0 Å². The number of carbonyl (C=O) groups excluding carboxylic acids is 1. The van der Waals surface area contributed by atoms with Gasteiger partial charge in [-0.2, -0.15) is 0 Å². The lowest BCUT2D eigenvalue weighted by atomic mass is 9.99. The second-order valence-electron chi connectivity index (χ2n) is 5.40. The van der Waals surface area contributed by atoms with Crippen molar-refractivity contribution in [1.29, 1.82) is 0 Å². The maximum absolute atomic E-state index is 12.0. The van der Waals surface area contributed by atoms with Gasteiger partial charge >= 0.3 is 11.7 Å². The molecule has 1 aliphatic rings. The van der Waals surface area contributed by atoms with Gasteiger partial charge in [-0.1, -0.05) is 54.6 Å². The summed E-state index contributed by atoms with van der Waals surface area (Å²) in [7, 11) is 0. The summed E-state index contributed by atoms with van der Waals surface area (Å²) < 4.78 is 5.26. The molecule has 3 aromatic rings. The summed E-state index contributed by atoms with van der Waals surface area (Å²) in [5.74, 6) is -0.572. The topological polar surface area (TPSA) is 69.4 Å². The van der Waals surface area contributed by atoms with Crippen LogP contribution in [0.2, 0.25) is 0 Å². The molecule has 0 unspecified atom stereocenters. The molecule has 0 amide bonds. The second-order valence-corrected chi connectivity index (χ2v) is 5.40. The highest BCUT2D eigenvalue weighted by Gasteiger charge is 2.35. The van der Waals surface area contributed by atoms with Crippen LogP contribution in [-0.4, -0.2) is 10.9 Å². The van der Waals surface area contributed by atoms with Crippen molar-refractivity contribution in [2.45, 2.75) is 0 Å². The number of cyclic esters (lactones) is 1. The normalized spacial score (nSPS) is 15.1. The molecule has 0 fully saturated rings. The molecule has 0 aromatic heterocycles. The zero-order chi connectivity index (χ0) is 16.7. The molecule has 0 saturated heterocycles. The predicted octanol–water partition coefficient (Wildman–Crippen LogP) is 4.11. The third kappa shape index (κ3) is 2.06. The quantitative estimate of drug-likeness (QED) is 0.405. The number of hydrogen-bond acceptors (Lipinski definition) is 4. The summed E-state index contributed by atoms with van der Waals surface area (Å²) in [5.41, 5.74) is 1.01. The van der Waals surface area contributed by atoms with Gasteiger partial charge in [-0.15, -0.1) is 0 Å². The molecule has 0 atom stereocenters. The summed E-state index contributed by atoms with van der Waals surface area (Å²) in [5, 5.41) is 13.4. The molecule has 5 nitrogen and oxygen atoms in total. The molecule has 0 spiro atoms. The smallest absolute Gasteiger partial charge is 0.344 e. The Morgan fingerprint density at radius 1 is 0.875 bits per heavy atom. The van der Waals surface area contributed by atoms with Gasteiger partial charge in [0.25, 0.3) is 0 Å². The average Bonchev–Trinajstić information content (AvgIpc) is 2.92. The Balaban J connectivity index is 2.06. The van der Waals surface area contributed by atoms with Gasteiger partial charge in [0, 0.05) is 5.56 Å². The van der Waals surface area contributed by atoms with Crippen molar-refractivity contribution in [3.05, 3.63) is 93.5 Å². The Bertz CT molecular complexity index is 1030. The van der Waals surface area contributed by atoms with Gasteiger partial charge < -0.3 is 4.74 Å². The van der Waals surface area contributed by atoms with E-state index in [2.05, 4.69) is 0 Å². The lowest BCUT2D eigenvalue weighted by Crippen LogP contribution is -2.03. The Morgan fingerprint density at radius 3 is 2.33 bits per heavy atom. The number of hydrogen-bond donors (Lipinski definition) is 0. The zero-order valence-electron chi connectivity index (χ0n) is 12.4. The van der Waals surface area contributed by atoms with E-state index in [-0.39, 0.29) is 11.5 Å². The van der Waals surface area contributed by atoms with Crippen LogP contribution in [0, 0.1) is 10.1 Å². The molecule has 24 heavy (non-hydrogen) atoms. The first-order valence-corrected chi connectivity index (χ1v) is 7.35. The summed E-state index contributed by atoms with van der Waals surface area (Å²) in [4.78, 5) is 23.3. The van der Waals surface area contributed by atoms with Crippen molar-refractivity contribution < 1.29 is 14.5 Å². The average molecular weight is 317 g/mol. The second kappa shape index (κ2) is 5.31. The highest BCUT2D eigenvalue weighted by atomic mass is 16.6. The van der Waals surface area contributed by atoms with Crippen molar-refractivity contribution in [2.24, 2.45) is 0 Å². The van der Waals surface area contributed by atoms with Crippen molar-refractivity contribution in [1.82, 2.24) is 0 Å². The van der Waals surface area contributed by atoms with Crippen molar-refractivity contribution in [2.75, 3.05) is 0 Å². The number of fused-ring (bicyclic) bond motifs is 2. The van der Waals surface area contributed by atoms with Gasteiger partial charge in [0.15, 0.2) is 0 Å². The van der Waals surface area contributed by atoms with Crippen LogP contribution in [0.1, 0.15) is 21.5 Å². The minimum absolute atomic E-state index is 0.00282. The van der Waals surface area contributed by atoms with Crippen molar-refractivity contribution >= 4 is 28.2 Å². The molecular formula is C19H11NO4. The van der Waals surface area contributed by atoms with Gasteiger partial charge in [-0.25, -0.2) is 4.79 Å². The van der Waals surface area contributed by atoms with E-state index in [9.17, 15) is 14.9 Å². The zero-order valence-corrected chi connectivity index (χ0v) is 12.4. The van der Waals surface area contributed by atoms with Crippen LogP contribution in [0.25, 0.3) is 22.2 Å². The minimum atomic E-state index is -0.569. The van der Waals surface area contributed by atoms with Crippen LogP contribution < -0.4 is 0 Å². The summed E-state index contributed by atoms with van der Waals surface area (Å²) >= 11 is 0. The number of esters is 1. The van der Waals surface area contributed by atoms with Crippen LogP contribution >= 0.6 is 0 Å². The van der Waals surface area contributed by atoms with E-state index in [4.69, 9.17) is 4.74 Å². The molecule has 1 aliphatic heterocycles. The first-order chi connectivity index (χ1) is 11.7. The standard InChI is InChI=1S/C19H11NO4/c21-19-16-10-4-3-9-15(16)18(24-19)17(20(22)23)14-11-5-7-12-6-1-2-8-13(12)14/h1-11H/b18-17-. The Kier molecular flexibility index (Phi) is 3.13. The number of benzene rings is 3. The largest absolute Gasteiger partial charge is 0.415 e. The third-order valence-corrected chi connectivity index (χ3v) is 4.03.